The first-order chi connectivity index (χ1) is 11.1. The summed E-state index contributed by atoms with van der Waals surface area (Å²) in [5, 5.41) is 0.285. The van der Waals surface area contributed by atoms with Crippen molar-refractivity contribution in [1.29, 1.82) is 0 Å². The molecule has 3 rings (SSSR count). The molecule has 0 spiro atoms. The highest BCUT2D eigenvalue weighted by Gasteiger charge is 2.37. The van der Waals surface area contributed by atoms with Crippen LogP contribution in [0.5, 0.6) is 5.88 Å². The molecule has 0 saturated carbocycles. The van der Waals surface area contributed by atoms with Crippen molar-refractivity contribution in [3.63, 3.8) is 0 Å². The summed E-state index contributed by atoms with van der Waals surface area (Å²) in [6, 6.07) is 1.54. The van der Waals surface area contributed by atoms with Gasteiger partial charge < -0.3 is 19.1 Å². The number of ether oxygens (including phenoxy) is 3. The fraction of sp³-hybridized carbons (Fsp3) is 0.533. The summed E-state index contributed by atoms with van der Waals surface area (Å²) in [6.07, 6.45) is 2.17. The van der Waals surface area contributed by atoms with Gasteiger partial charge in [-0.3, -0.25) is 9.59 Å². The molecule has 3 heterocycles. The van der Waals surface area contributed by atoms with Crippen molar-refractivity contribution >= 4 is 23.5 Å². The van der Waals surface area contributed by atoms with Gasteiger partial charge in [-0.25, -0.2) is 4.98 Å². The number of carbonyl (C=O) groups is 2. The first-order valence-corrected chi connectivity index (χ1v) is 7.73. The molecule has 0 unspecified atom stereocenters. The van der Waals surface area contributed by atoms with Crippen LogP contribution in [0.25, 0.3) is 0 Å². The zero-order chi connectivity index (χ0) is 16.4. The number of pyridine rings is 1. The van der Waals surface area contributed by atoms with Gasteiger partial charge in [0.15, 0.2) is 0 Å². The molecule has 8 heteroatoms. The van der Waals surface area contributed by atoms with Crippen molar-refractivity contribution < 1.29 is 23.8 Å². The van der Waals surface area contributed by atoms with Gasteiger partial charge in [0, 0.05) is 25.7 Å². The van der Waals surface area contributed by atoms with E-state index >= 15 is 0 Å². The molecule has 1 aromatic rings. The molecule has 2 aliphatic rings. The predicted molar refractivity (Wildman–Crippen MR) is 80.5 cm³/mol. The van der Waals surface area contributed by atoms with Gasteiger partial charge >= 0.3 is 5.97 Å². The third-order valence-electron chi connectivity index (χ3n) is 3.92. The number of hydrogen-bond acceptors (Lipinski definition) is 6. The highest BCUT2D eigenvalue weighted by atomic mass is 35.5. The number of likely N-dealkylation sites (tertiary alicyclic amines) is 1. The SMILES string of the molecule is COC(=O)C1CN(C(=O)c2cnc(O[C@@H]3CCOC3)c(Cl)c2)C1. The molecule has 1 aromatic heterocycles. The molecule has 2 saturated heterocycles. The Labute approximate surface area is 138 Å². The van der Waals surface area contributed by atoms with Crippen molar-refractivity contribution in [1.82, 2.24) is 9.88 Å². The van der Waals surface area contributed by atoms with Gasteiger partial charge in [0.05, 0.1) is 31.8 Å². The molecular weight excluding hydrogens is 324 g/mol. The maximum atomic E-state index is 12.3. The number of rotatable bonds is 4. The first kappa shape index (κ1) is 16.0. The lowest BCUT2D eigenvalue weighted by atomic mass is 9.99. The van der Waals surface area contributed by atoms with Gasteiger partial charge in [0.1, 0.15) is 11.1 Å². The van der Waals surface area contributed by atoms with E-state index in [0.29, 0.717) is 37.7 Å². The summed E-state index contributed by atoms with van der Waals surface area (Å²) >= 11 is 6.15. The first-order valence-electron chi connectivity index (χ1n) is 7.35. The molecule has 7 nitrogen and oxygen atoms in total. The van der Waals surface area contributed by atoms with Gasteiger partial charge in [-0.1, -0.05) is 11.6 Å². The van der Waals surface area contributed by atoms with Gasteiger partial charge in [-0.05, 0) is 6.07 Å². The fourth-order valence-corrected chi connectivity index (χ4v) is 2.75. The minimum Gasteiger partial charge on any atom is -0.471 e. The fourth-order valence-electron chi connectivity index (χ4n) is 2.54. The molecule has 0 aromatic carbocycles. The number of halogens is 1. The Kier molecular flexibility index (Phi) is 4.68. The van der Waals surface area contributed by atoms with Gasteiger partial charge in [0.2, 0.25) is 5.88 Å². The Hall–Kier alpha value is -1.86. The van der Waals surface area contributed by atoms with E-state index in [-0.39, 0.29) is 28.9 Å². The average Bonchev–Trinajstić information content (AvgIpc) is 3.00. The molecule has 124 valence electrons. The van der Waals surface area contributed by atoms with E-state index in [1.54, 1.807) is 4.90 Å². The highest BCUT2D eigenvalue weighted by Crippen LogP contribution is 2.27. The number of nitrogens with zero attached hydrogens (tertiary/aromatic N) is 2. The number of esters is 1. The van der Waals surface area contributed by atoms with E-state index in [1.807, 2.05) is 0 Å². The lowest BCUT2D eigenvalue weighted by Gasteiger charge is -2.37. The lowest BCUT2D eigenvalue weighted by molar-refractivity contribution is -0.149. The monoisotopic (exact) mass is 340 g/mol. The zero-order valence-electron chi connectivity index (χ0n) is 12.7. The zero-order valence-corrected chi connectivity index (χ0v) is 13.4. The Bertz CT molecular complexity index is 612. The molecule has 0 bridgehead atoms. The molecule has 2 aliphatic heterocycles. The quantitative estimate of drug-likeness (QED) is 0.765. The van der Waals surface area contributed by atoms with E-state index in [4.69, 9.17) is 21.1 Å². The molecule has 1 atom stereocenters. The molecule has 0 N–H and O–H groups in total. The Balaban J connectivity index is 1.61. The van der Waals surface area contributed by atoms with E-state index in [0.717, 1.165) is 6.42 Å². The molecule has 23 heavy (non-hydrogen) atoms. The van der Waals surface area contributed by atoms with Gasteiger partial charge in [-0.2, -0.15) is 0 Å². The second kappa shape index (κ2) is 6.72. The lowest BCUT2D eigenvalue weighted by Crippen LogP contribution is -2.53. The summed E-state index contributed by atoms with van der Waals surface area (Å²) < 4.78 is 15.5. The van der Waals surface area contributed by atoms with Crippen molar-refractivity contribution in [2.45, 2.75) is 12.5 Å². The number of hydrogen-bond donors (Lipinski definition) is 0. The van der Waals surface area contributed by atoms with Gasteiger partial charge in [0.25, 0.3) is 5.91 Å². The van der Waals surface area contributed by atoms with Crippen LogP contribution in [0.1, 0.15) is 16.8 Å². The van der Waals surface area contributed by atoms with E-state index in [9.17, 15) is 9.59 Å². The van der Waals surface area contributed by atoms with Crippen LogP contribution in [0.2, 0.25) is 5.02 Å². The van der Waals surface area contributed by atoms with Crippen molar-refractivity contribution in [2.75, 3.05) is 33.4 Å². The predicted octanol–water partition coefficient (Wildman–Crippen LogP) is 1.15. The van der Waals surface area contributed by atoms with E-state index in [2.05, 4.69) is 9.72 Å². The number of methoxy groups -OCH3 is 1. The summed E-state index contributed by atoms with van der Waals surface area (Å²) in [4.78, 5) is 29.3. The standard InChI is InChI=1S/C15H17ClN2O5/c1-21-15(20)10-6-18(7-10)14(19)9-4-12(16)13(17-5-9)23-11-2-3-22-8-11/h4-5,10-11H,2-3,6-8H2,1H3/t11-/m1/s1. The summed E-state index contributed by atoms with van der Waals surface area (Å²) in [5.41, 5.74) is 0.369. The minimum absolute atomic E-state index is 0.0576. The smallest absolute Gasteiger partial charge is 0.312 e. The van der Waals surface area contributed by atoms with Crippen LogP contribution in [-0.4, -0.2) is 61.3 Å². The molecule has 0 radical (unpaired) electrons. The Morgan fingerprint density at radius 3 is 2.83 bits per heavy atom. The maximum Gasteiger partial charge on any atom is 0.312 e. The number of aromatic nitrogens is 1. The normalized spacial score (nSPS) is 21.0. The number of carbonyl (C=O) groups excluding carboxylic acids is 2. The molecule has 2 fully saturated rings. The van der Waals surface area contributed by atoms with Crippen molar-refractivity contribution in [3.8, 4) is 5.88 Å². The van der Waals surface area contributed by atoms with Crippen LogP contribution < -0.4 is 4.74 Å². The second-order valence-corrected chi connectivity index (χ2v) is 5.95. The largest absolute Gasteiger partial charge is 0.471 e. The third kappa shape index (κ3) is 3.40. The van der Waals surface area contributed by atoms with Gasteiger partial charge in [-0.15, -0.1) is 0 Å². The van der Waals surface area contributed by atoms with Crippen molar-refractivity contribution in [3.05, 3.63) is 22.8 Å². The molecule has 0 aliphatic carbocycles. The average molecular weight is 341 g/mol. The van der Waals surface area contributed by atoms with E-state index < -0.39 is 0 Å². The van der Waals surface area contributed by atoms with Crippen LogP contribution in [0.15, 0.2) is 12.3 Å². The summed E-state index contributed by atoms with van der Waals surface area (Å²) in [7, 11) is 1.34. The van der Waals surface area contributed by atoms with Crippen LogP contribution in [0, 0.1) is 5.92 Å². The minimum atomic E-state index is -0.298. The third-order valence-corrected chi connectivity index (χ3v) is 4.19. The maximum absolute atomic E-state index is 12.3. The number of amides is 1. The van der Waals surface area contributed by atoms with Crippen LogP contribution in [0.4, 0.5) is 0 Å². The Morgan fingerprint density at radius 2 is 2.22 bits per heavy atom. The summed E-state index contributed by atoms with van der Waals surface area (Å²) in [6.45, 7) is 1.87. The highest BCUT2D eigenvalue weighted by molar-refractivity contribution is 6.32. The molecular formula is C15H17ClN2O5. The van der Waals surface area contributed by atoms with Crippen LogP contribution in [0.3, 0.4) is 0 Å². The van der Waals surface area contributed by atoms with E-state index in [1.165, 1.54) is 19.4 Å². The second-order valence-electron chi connectivity index (χ2n) is 5.54. The van der Waals surface area contributed by atoms with Crippen molar-refractivity contribution in [2.24, 2.45) is 5.92 Å². The van der Waals surface area contributed by atoms with Crippen LogP contribution in [-0.2, 0) is 14.3 Å². The summed E-state index contributed by atoms with van der Waals surface area (Å²) in [5.74, 6) is -0.463. The molecule has 1 amide bonds. The topological polar surface area (TPSA) is 78.0 Å². The van der Waals surface area contributed by atoms with Crippen LogP contribution >= 0.6 is 11.6 Å². The Morgan fingerprint density at radius 1 is 1.43 bits per heavy atom.